The molecule has 3 N–H and O–H groups in total. The van der Waals surface area contributed by atoms with Crippen molar-refractivity contribution >= 4 is 5.82 Å². The third kappa shape index (κ3) is 5.37. The molecule has 42 heavy (non-hydrogen) atoms. The Morgan fingerprint density at radius 2 is 1.45 bits per heavy atom. The number of aryl methyl sites for hydroxylation is 1. The second-order valence-electron chi connectivity index (χ2n) is 10.1. The van der Waals surface area contributed by atoms with E-state index in [9.17, 15) is 9.90 Å². The van der Waals surface area contributed by atoms with Crippen molar-refractivity contribution in [2.45, 2.75) is 37.1 Å². The van der Waals surface area contributed by atoms with Crippen molar-refractivity contribution in [3.63, 3.8) is 0 Å². The van der Waals surface area contributed by atoms with E-state index in [4.69, 9.17) is 29.4 Å². The molecular weight excluding hydrogens is 538 g/mol. The summed E-state index contributed by atoms with van der Waals surface area (Å²) in [5.41, 5.74) is 7.25. The number of ether oxygens (including phenoxy) is 5. The van der Waals surface area contributed by atoms with Gasteiger partial charge in [0.2, 0.25) is 0 Å². The van der Waals surface area contributed by atoms with Gasteiger partial charge in [-0.05, 0) is 47.9 Å². The largest absolute Gasteiger partial charge is 0.497 e. The average Bonchev–Trinajstić information content (AvgIpc) is 3.34. The number of nitrogens with two attached hydrogens (primary N) is 1. The number of hydrogen-bond acceptors (Lipinski definition) is 9. The second-order valence-corrected chi connectivity index (χ2v) is 10.1. The maximum atomic E-state index is 12.7. The molecule has 5 rings (SSSR count). The first kappa shape index (κ1) is 29.3. The van der Waals surface area contributed by atoms with Gasteiger partial charge >= 0.3 is 5.69 Å². The second kappa shape index (κ2) is 12.3. The van der Waals surface area contributed by atoms with Crippen molar-refractivity contribution in [3.8, 4) is 11.5 Å². The molecule has 0 unspecified atom stereocenters. The van der Waals surface area contributed by atoms with Crippen LogP contribution in [0.1, 0.15) is 28.5 Å². The summed E-state index contributed by atoms with van der Waals surface area (Å²) in [4.78, 5) is 16.6. The number of aliphatic hydroxyl groups excluding tert-OH is 1. The minimum absolute atomic E-state index is 0.0411. The van der Waals surface area contributed by atoms with Gasteiger partial charge in [-0.3, -0.25) is 4.57 Å². The van der Waals surface area contributed by atoms with Crippen LogP contribution in [0.5, 0.6) is 11.5 Å². The molecule has 220 valence electrons. The van der Waals surface area contributed by atoms with Crippen molar-refractivity contribution in [2.75, 3.05) is 33.7 Å². The molecule has 4 atom stereocenters. The Morgan fingerprint density at radius 3 is 1.98 bits per heavy atom. The Labute approximate surface area is 244 Å². The van der Waals surface area contributed by atoms with E-state index in [2.05, 4.69) is 4.98 Å². The third-order valence-electron chi connectivity index (χ3n) is 7.67. The van der Waals surface area contributed by atoms with Gasteiger partial charge in [0.05, 0.1) is 20.8 Å². The Hall–Kier alpha value is -4.22. The van der Waals surface area contributed by atoms with Crippen LogP contribution in [0.25, 0.3) is 0 Å². The summed E-state index contributed by atoms with van der Waals surface area (Å²) in [6.07, 6.45) is -2.19. The maximum absolute atomic E-state index is 12.7. The Bertz CT molecular complexity index is 1490. The number of anilines is 1. The minimum atomic E-state index is -1.11. The summed E-state index contributed by atoms with van der Waals surface area (Å²) < 4.78 is 30.9. The van der Waals surface area contributed by atoms with Gasteiger partial charge in [0.1, 0.15) is 41.2 Å². The third-order valence-corrected chi connectivity index (χ3v) is 7.67. The van der Waals surface area contributed by atoms with Gasteiger partial charge in [0.25, 0.3) is 0 Å². The number of rotatable bonds is 10. The lowest BCUT2D eigenvalue weighted by Crippen LogP contribution is -2.40. The summed E-state index contributed by atoms with van der Waals surface area (Å²) in [7, 11) is 4.69. The van der Waals surface area contributed by atoms with Gasteiger partial charge in [0, 0.05) is 18.9 Å². The van der Waals surface area contributed by atoms with Crippen molar-refractivity contribution in [2.24, 2.45) is 0 Å². The molecule has 0 saturated carbocycles. The standard InChI is InChI=1S/C32H35N3O7/c1-20-18-35(31(37)34-29(20)33)30-28(40-4)27(36)26(42-30)19-41-32(21-8-6-5-7-9-21,22-10-14-24(38-2)15-11-22)23-12-16-25(39-3)17-13-23/h5-18,26-28,30,36H,19H2,1-4H3,(H2,33,34,37)/t26-,27-,28-,30-/m1/s1. The fourth-order valence-corrected chi connectivity index (χ4v) is 5.38. The van der Waals surface area contributed by atoms with Crippen molar-refractivity contribution in [1.29, 1.82) is 0 Å². The van der Waals surface area contributed by atoms with Gasteiger partial charge in [-0.25, -0.2) is 4.79 Å². The summed E-state index contributed by atoms with van der Waals surface area (Å²) in [6, 6.07) is 25.1. The lowest BCUT2D eigenvalue weighted by atomic mass is 9.80. The molecule has 10 nitrogen and oxygen atoms in total. The van der Waals surface area contributed by atoms with Gasteiger partial charge in [0.15, 0.2) is 6.23 Å². The molecule has 0 amide bonds. The van der Waals surface area contributed by atoms with Crippen LogP contribution in [-0.2, 0) is 19.8 Å². The van der Waals surface area contributed by atoms with Crippen LogP contribution in [0.15, 0.2) is 89.9 Å². The van der Waals surface area contributed by atoms with Crippen LogP contribution >= 0.6 is 0 Å². The SMILES string of the molecule is COc1ccc(C(OC[C@H]2O[C@@H](n3cc(C)c(N)nc3=O)[C@H](OC)[C@@H]2O)(c2ccccc2)c2ccc(OC)cc2)cc1. The molecule has 0 radical (unpaired) electrons. The molecule has 1 aromatic heterocycles. The van der Waals surface area contributed by atoms with E-state index in [1.807, 2.05) is 78.9 Å². The Kier molecular flexibility index (Phi) is 8.60. The molecular formula is C32H35N3O7. The first-order valence-electron chi connectivity index (χ1n) is 13.5. The maximum Gasteiger partial charge on any atom is 0.351 e. The number of aromatic nitrogens is 2. The van der Waals surface area contributed by atoms with Gasteiger partial charge in [-0.2, -0.15) is 4.98 Å². The first-order valence-corrected chi connectivity index (χ1v) is 13.5. The molecule has 2 heterocycles. The highest BCUT2D eigenvalue weighted by molar-refractivity contribution is 5.49. The quantitative estimate of drug-likeness (QED) is 0.274. The number of benzene rings is 3. The van der Waals surface area contributed by atoms with Gasteiger partial charge in [-0.1, -0.05) is 54.6 Å². The molecule has 4 aromatic rings. The van der Waals surface area contributed by atoms with E-state index >= 15 is 0 Å². The zero-order valence-electron chi connectivity index (χ0n) is 24.0. The molecule has 0 spiro atoms. The topological polar surface area (TPSA) is 127 Å². The zero-order valence-corrected chi connectivity index (χ0v) is 24.0. The summed E-state index contributed by atoms with van der Waals surface area (Å²) in [6.45, 7) is 1.70. The summed E-state index contributed by atoms with van der Waals surface area (Å²) in [5.74, 6) is 1.54. The number of methoxy groups -OCH3 is 3. The highest BCUT2D eigenvalue weighted by Crippen LogP contribution is 2.43. The lowest BCUT2D eigenvalue weighted by molar-refractivity contribution is -0.0967. The van der Waals surface area contributed by atoms with Gasteiger partial charge in [-0.15, -0.1) is 0 Å². The van der Waals surface area contributed by atoms with Crippen LogP contribution in [0.3, 0.4) is 0 Å². The molecule has 0 bridgehead atoms. The molecule has 1 aliphatic rings. The Balaban J connectivity index is 1.57. The van der Waals surface area contributed by atoms with Crippen LogP contribution in [0.2, 0.25) is 0 Å². The smallest absolute Gasteiger partial charge is 0.351 e. The Morgan fingerprint density at radius 1 is 0.905 bits per heavy atom. The average molecular weight is 574 g/mol. The van der Waals surface area contributed by atoms with Crippen LogP contribution in [0.4, 0.5) is 5.82 Å². The summed E-state index contributed by atoms with van der Waals surface area (Å²) in [5, 5.41) is 11.3. The van der Waals surface area contributed by atoms with Crippen LogP contribution in [-0.4, -0.2) is 60.9 Å². The molecule has 3 aromatic carbocycles. The molecule has 1 saturated heterocycles. The predicted octanol–water partition coefficient (Wildman–Crippen LogP) is 3.43. The number of aliphatic hydroxyl groups is 1. The molecule has 1 fully saturated rings. The predicted molar refractivity (Wildman–Crippen MR) is 157 cm³/mol. The van der Waals surface area contributed by atoms with Crippen molar-refractivity contribution in [1.82, 2.24) is 9.55 Å². The number of hydrogen-bond donors (Lipinski definition) is 2. The highest BCUT2D eigenvalue weighted by Gasteiger charge is 2.47. The highest BCUT2D eigenvalue weighted by atomic mass is 16.6. The van der Waals surface area contributed by atoms with Crippen LogP contribution < -0.4 is 20.9 Å². The molecule has 1 aliphatic heterocycles. The van der Waals surface area contributed by atoms with Crippen LogP contribution in [0, 0.1) is 6.92 Å². The lowest BCUT2D eigenvalue weighted by Gasteiger charge is -2.37. The fraction of sp³-hybridized carbons (Fsp3) is 0.312. The van der Waals surface area contributed by atoms with Gasteiger partial charge < -0.3 is 34.5 Å². The van der Waals surface area contributed by atoms with Crippen molar-refractivity contribution in [3.05, 3.63) is 118 Å². The van der Waals surface area contributed by atoms with E-state index in [0.717, 1.165) is 16.7 Å². The fourth-order valence-electron chi connectivity index (χ4n) is 5.38. The number of nitrogen functional groups attached to an aromatic ring is 1. The van der Waals surface area contributed by atoms with E-state index in [1.165, 1.54) is 11.7 Å². The zero-order chi connectivity index (χ0) is 29.9. The van der Waals surface area contributed by atoms with E-state index in [0.29, 0.717) is 17.1 Å². The molecule has 10 heteroatoms. The molecule has 0 aliphatic carbocycles. The van der Waals surface area contributed by atoms with E-state index in [-0.39, 0.29) is 12.4 Å². The van der Waals surface area contributed by atoms with E-state index < -0.39 is 35.8 Å². The minimum Gasteiger partial charge on any atom is -0.497 e. The van der Waals surface area contributed by atoms with E-state index in [1.54, 1.807) is 27.3 Å². The van der Waals surface area contributed by atoms with Crippen molar-refractivity contribution < 1.29 is 28.8 Å². The normalized spacial score (nSPS) is 20.4. The number of nitrogens with zero attached hydrogens (tertiary/aromatic N) is 2. The first-order chi connectivity index (χ1) is 20.3. The monoisotopic (exact) mass is 573 g/mol. The summed E-state index contributed by atoms with van der Waals surface area (Å²) >= 11 is 0.